The maximum Gasteiger partial charge on any atom is 0.225 e. The second-order valence-corrected chi connectivity index (χ2v) is 8.15. The third-order valence-electron chi connectivity index (χ3n) is 6.35. The van der Waals surface area contributed by atoms with E-state index in [0.717, 1.165) is 30.8 Å². The summed E-state index contributed by atoms with van der Waals surface area (Å²) in [5.74, 6) is 0.576. The standard InChI is InChI=1S/C20H27N5O3/c26-19-4-7-24(20(27)22-19)18-11-21-25-8-3-15(10-17(18)25)9-14-1-5-23(6-2-14)16-12-28-13-16/h3,8,10-11,14,16,20,27H,1-2,4-7,9,12-13H2,(H,22,26). The molecule has 0 saturated carbocycles. The van der Waals surface area contributed by atoms with Gasteiger partial charge in [0.05, 0.1) is 36.7 Å². The van der Waals surface area contributed by atoms with Crippen LogP contribution in [0, 0.1) is 5.92 Å². The van der Waals surface area contributed by atoms with Gasteiger partial charge in [0.2, 0.25) is 12.3 Å². The van der Waals surface area contributed by atoms with Crippen molar-refractivity contribution in [1.82, 2.24) is 19.8 Å². The van der Waals surface area contributed by atoms with Crippen LogP contribution in [-0.2, 0) is 16.0 Å². The fourth-order valence-electron chi connectivity index (χ4n) is 4.54. The largest absolute Gasteiger partial charge is 0.378 e. The average Bonchev–Trinajstić information content (AvgIpc) is 3.05. The van der Waals surface area contributed by atoms with Gasteiger partial charge in [-0.25, -0.2) is 4.52 Å². The van der Waals surface area contributed by atoms with Gasteiger partial charge in [0.25, 0.3) is 0 Å². The number of hydrogen-bond acceptors (Lipinski definition) is 6. The molecule has 3 fully saturated rings. The van der Waals surface area contributed by atoms with Crippen LogP contribution in [-0.4, -0.2) is 70.8 Å². The number of aliphatic hydroxyl groups excluding tert-OH is 1. The Kier molecular flexibility index (Phi) is 4.70. The van der Waals surface area contributed by atoms with Crippen LogP contribution in [0.5, 0.6) is 0 Å². The summed E-state index contributed by atoms with van der Waals surface area (Å²) in [4.78, 5) is 15.9. The van der Waals surface area contributed by atoms with E-state index in [0.29, 0.717) is 24.9 Å². The zero-order valence-corrected chi connectivity index (χ0v) is 16.0. The number of likely N-dealkylation sites (tertiary alicyclic amines) is 1. The van der Waals surface area contributed by atoms with Gasteiger partial charge in [0, 0.05) is 19.2 Å². The number of aliphatic hydroxyl groups is 1. The molecule has 2 N–H and O–H groups in total. The smallest absolute Gasteiger partial charge is 0.225 e. The Morgan fingerprint density at radius 2 is 2.07 bits per heavy atom. The summed E-state index contributed by atoms with van der Waals surface area (Å²) in [6, 6.07) is 4.96. The van der Waals surface area contributed by atoms with E-state index in [-0.39, 0.29) is 5.91 Å². The molecule has 1 atom stereocenters. The number of rotatable bonds is 4. The molecule has 2 aromatic rings. The molecule has 1 unspecified atom stereocenters. The van der Waals surface area contributed by atoms with E-state index in [1.165, 1.54) is 31.5 Å². The number of hydrogen-bond donors (Lipinski definition) is 2. The summed E-state index contributed by atoms with van der Waals surface area (Å²) in [6.07, 6.45) is 6.64. The first-order valence-corrected chi connectivity index (χ1v) is 10.2. The summed E-state index contributed by atoms with van der Waals surface area (Å²) in [5.41, 5.74) is 3.13. The van der Waals surface area contributed by atoms with Gasteiger partial charge < -0.3 is 20.1 Å². The number of carbonyl (C=O) groups excluding carboxylic acids is 1. The first kappa shape index (κ1) is 17.9. The predicted octanol–water partition coefficient (Wildman–Crippen LogP) is 0.590. The van der Waals surface area contributed by atoms with E-state index in [2.05, 4.69) is 27.4 Å². The third-order valence-corrected chi connectivity index (χ3v) is 6.35. The van der Waals surface area contributed by atoms with Crippen molar-refractivity contribution in [1.29, 1.82) is 0 Å². The molecule has 3 aliphatic rings. The number of piperidine rings is 1. The second kappa shape index (κ2) is 7.35. The van der Waals surface area contributed by atoms with E-state index < -0.39 is 6.35 Å². The molecule has 8 heteroatoms. The van der Waals surface area contributed by atoms with Gasteiger partial charge in [-0.15, -0.1) is 0 Å². The van der Waals surface area contributed by atoms with Crippen LogP contribution in [0.1, 0.15) is 24.8 Å². The van der Waals surface area contributed by atoms with Crippen molar-refractivity contribution in [3.05, 3.63) is 30.1 Å². The molecule has 150 valence electrons. The maximum atomic E-state index is 11.5. The van der Waals surface area contributed by atoms with Crippen molar-refractivity contribution in [3.8, 4) is 0 Å². The second-order valence-electron chi connectivity index (χ2n) is 8.15. The van der Waals surface area contributed by atoms with E-state index in [1.807, 2.05) is 10.7 Å². The molecule has 0 aromatic carbocycles. The summed E-state index contributed by atoms with van der Waals surface area (Å²) < 4.78 is 7.16. The summed E-state index contributed by atoms with van der Waals surface area (Å²) >= 11 is 0. The normalized spacial score (nSPS) is 25.1. The van der Waals surface area contributed by atoms with Crippen LogP contribution in [0.2, 0.25) is 0 Å². The van der Waals surface area contributed by atoms with E-state index in [1.54, 1.807) is 11.1 Å². The van der Waals surface area contributed by atoms with Crippen LogP contribution >= 0.6 is 0 Å². The monoisotopic (exact) mass is 385 g/mol. The van der Waals surface area contributed by atoms with Crippen LogP contribution in [0.25, 0.3) is 5.52 Å². The van der Waals surface area contributed by atoms with Gasteiger partial charge in [-0.3, -0.25) is 9.69 Å². The first-order valence-electron chi connectivity index (χ1n) is 10.2. The predicted molar refractivity (Wildman–Crippen MR) is 104 cm³/mol. The number of carbonyl (C=O) groups is 1. The van der Waals surface area contributed by atoms with E-state index >= 15 is 0 Å². The van der Waals surface area contributed by atoms with Crippen molar-refractivity contribution >= 4 is 17.1 Å². The van der Waals surface area contributed by atoms with Crippen molar-refractivity contribution < 1.29 is 14.6 Å². The Bertz CT molecular complexity index is 857. The SMILES string of the molecule is O=C1CCN(c2cnn3ccc(CC4CCN(C5COC5)CC4)cc23)C(O)N1. The lowest BCUT2D eigenvalue weighted by molar-refractivity contribution is -0.125. The lowest BCUT2D eigenvalue weighted by atomic mass is 9.89. The van der Waals surface area contributed by atoms with Gasteiger partial charge >= 0.3 is 0 Å². The molecule has 1 amide bonds. The summed E-state index contributed by atoms with van der Waals surface area (Å²) in [7, 11) is 0. The zero-order valence-electron chi connectivity index (χ0n) is 16.0. The van der Waals surface area contributed by atoms with Crippen molar-refractivity contribution in [2.45, 2.75) is 38.1 Å². The molecule has 0 radical (unpaired) electrons. The van der Waals surface area contributed by atoms with Crippen molar-refractivity contribution in [3.63, 3.8) is 0 Å². The van der Waals surface area contributed by atoms with Crippen molar-refractivity contribution in [2.24, 2.45) is 5.92 Å². The lowest BCUT2D eigenvalue weighted by Gasteiger charge is -2.41. The number of anilines is 1. The highest BCUT2D eigenvalue weighted by atomic mass is 16.5. The quantitative estimate of drug-likeness (QED) is 0.802. The minimum Gasteiger partial charge on any atom is -0.378 e. The Labute approximate surface area is 164 Å². The molecule has 3 aliphatic heterocycles. The number of nitrogens with zero attached hydrogens (tertiary/aromatic N) is 4. The highest BCUT2D eigenvalue weighted by Crippen LogP contribution is 2.28. The summed E-state index contributed by atoms with van der Waals surface area (Å²) in [6.45, 7) is 4.61. The van der Waals surface area contributed by atoms with Gasteiger partial charge in [0.1, 0.15) is 0 Å². The van der Waals surface area contributed by atoms with Gasteiger partial charge in [-0.05, 0) is 56.0 Å². The van der Waals surface area contributed by atoms with Gasteiger partial charge in [-0.1, -0.05) is 0 Å². The minimum absolute atomic E-state index is 0.124. The third kappa shape index (κ3) is 3.36. The average molecular weight is 385 g/mol. The van der Waals surface area contributed by atoms with E-state index in [9.17, 15) is 9.90 Å². The minimum atomic E-state index is -1.00. The molecule has 28 heavy (non-hydrogen) atoms. The molecule has 0 aliphatic carbocycles. The first-order chi connectivity index (χ1) is 13.7. The Hall–Kier alpha value is -2.16. The Morgan fingerprint density at radius 3 is 2.79 bits per heavy atom. The molecular weight excluding hydrogens is 358 g/mol. The molecule has 2 aromatic heterocycles. The van der Waals surface area contributed by atoms with Crippen LogP contribution in [0.15, 0.2) is 24.5 Å². The van der Waals surface area contributed by atoms with Gasteiger partial charge in [0.15, 0.2) is 0 Å². The van der Waals surface area contributed by atoms with Crippen molar-refractivity contribution in [2.75, 3.05) is 37.7 Å². The number of pyridine rings is 1. The van der Waals surface area contributed by atoms with E-state index in [4.69, 9.17) is 4.74 Å². The zero-order chi connectivity index (χ0) is 19.1. The highest BCUT2D eigenvalue weighted by Gasteiger charge is 2.30. The Balaban J connectivity index is 1.29. The molecule has 3 saturated heterocycles. The fourth-order valence-corrected chi connectivity index (χ4v) is 4.54. The number of amides is 1. The molecular formula is C20H27N5O3. The van der Waals surface area contributed by atoms with Gasteiger partial charge in [-0.2, -0.15) is 5.10 Å². The maximum absolute atomic E-state index is 11.5. The molecule has 5 heterocycles. The fraction of sp³-hybridized carbons (Fsp3) is 0.600. The highest BCUT2D eigenvalue weighted by molar-refractivity contribution is 5.81. The number of ether oxygens (including phenoxy) is 1. The number of nitrogens with one attached hydrogen (secondary N) is 1. The lowest BCUT2D eigenvalue weighted by Crippen LogP contribution is -2.54. The number of fused-ring (bicyclic) bond motifs is 1. The molecule has 8 nitrogen and oxygen atoms in total. The summed E-state index contributed by atoms with van der Waals surface area (Å²) in [5, 5.41) is 17.2. The number of aromatic nitrogens is 2. The topological polar surface area (TPSA) is 82.3 Å². The van der Waals surface area contributed by atoms with Crippen LogP contribution < -0.4 is 10.2 Å². The Morgan fingerprint density at radius 1 is 1.25 bits per heavy atom. The van der Waals surface area contributed by atoms with Crippen LogP contribution in [0.3, 0.4) is 0 Å². The molecule has 0 bridgehead atoms. The molecule has 0 spiro atoms. The molecule has 5 rings (SSSR count). The van der Waals surface area contributed by atoms with Crippen LogP contribution in [0.4, 0.5) is 5.69 Å².